The highest BCUT2D eigenvalue weighted by Gasteiger charge is 2.17. The average Bonchev–Trinajstić information content (AvgIpc) is 3.07. The topological polar surface area (TPSA) is 77.7 Å². The number of halogens is 2. The first kappa shape index (κ1) is 24.5. The van der Waals surface area contributed by atoms with Crippen molar-refractivity contribution >= 4 is 42.1 Å². The molecule has 26 heavy (non-hydrogen) atoms. The van der Waals surface area contributed by atoms with Crippen molar-refractivity contribution in [1.29, 1.82) is 0 Å². The van der Waals surface area contributed by atoms with E-state index in [2.05, 4.69) is 4.98 Å². The van der Waals surface area contributed by atoms with Gasteiger partial charge in [-0.15, -0.1) is 36.2 Å². The zero-order valence-electron chi connectivity index (χ0n) is 15.2. The summed E-state index contributed by atoms with van der Waals surface area (Å²) in [6, 6.07) is 5.67. The van der Waals surface area contributed by atoms with Gasteiger partial charge in [-0.3, -0.25) is 4.79 Å². The van der Waals surface area contributed by atoms with E-state index >= 15 is 0 Å². The van der Waals surface area contributed by atoms with Gasteiger partial charge in [0, 0.05) is 30.6 Å². The van der Waals surface area contributed by atoms with Gasteiger partial charge in [0.2, 0.25) is 5.91 Å². The van der Waals surface area contributed by atoms with Gasteiger partial charge in [-0.05, 0) is 25.1 Å². The molecule has 0 fully saturated rings. The van der Waals surface area contributed by atoms with Gasteiger partial charge in [0.25, 0.3) is 0 Å². The van der Waals surface area contributed by atoms with Gasteiger partial charge in [0.15, 0.2) is 11.5 Å². The van der Waals surface area contributed by atoms with E-state index in [1.807, 2.05) is 30.5 Å². The number of hydrogen-bond donors (Lipinski definition) is 1. The lowest BCUT2D eigenvalue weighted by Gasteiger charge is -2.23. The monoisotopic (exact) mass is 421 g/mol. The van der Waals surface area contributed by atoms with Gasteiger partial charge in [-0.25, -0.2) is 4.98 Å². The SMILES string of the molecule is COc1ccc(-c2nc(CC(=O)N(C)C(C)CN)cs2)cc1OC.Cl.Cl. The highest BCUT2D eigenvalue weighted by molar-refractivity contribution is 7.13. The number of ether oxygens (including phenoxy) is 2. The fourth-order valence-corrected chi connectivity index (χ4v) is 2.99. The third-order valence-corrected chi connectivity index (χ3v) is 4.85. The number of thiazole rings is 1. The summed E-state index contributed by atoms with van der Waals surface area (Å²) in [7, 11) is 4.97. The Morgan fingerprint density at radius 3 is 2.50 bits per heavy atom. The van der Waals surface area contributed by atoms with Crippen molar-refractivity contribution in [2.45, 2.75) is 19.4 Å². The maximum atomic E-state index is 12.2. The lowest BCUT2D eigenvalue weighted by atomic mass is 10.2. The summed E-state index contributed by atoms with van der Waals surface area (Å²) in [6.45, 7) is 2.37. The van der Waals surface area contributed by atoms with E-state index in [0.29, 0.717) is 18.0 Å². The Hall–Kier alpha value is -1.54. The predicted octanol–water partition coefficient (Wildman–Crippen LogP) is 3.02. The first-order chi connectivity index (χ1) is 11.5. The van der Waals surface area contributed by atoms with Crippen molar-refractivity contribution in [2.75, 3.05) is 27.8 Å². The number of hydrogen-bond acceptors (Lipinski definition) is 6. The van der Waals surface area contributed by atoms with Crippen LogP contribution < -0.4 is 15.2 Å². The third-order valence-electron chi connectivity index (χ3n) is 3.91. The molecule has 0 saturated heterocycles. The minimum atomic E-state index is 0. The molecule has 2 N–H and O–H groups in total. The number of carbonyl (C=O) groups excluding carboxylic acids is 1. The lowest BCUT2D eigenvalue weighted by Crippen LogP contribution is -2.40. The summed E-state index contributed by atoms with van der Waals surface area (Å²) < 4.78 is 10.6. The summed E-state index contributed by atoms with van der Waals surface area (Å²) in [4.78, 5) is 18.5. The molecule has 1 amide bonds. The second kappa shape index (κ2) is 11.2. The van der Waals surface area contributed by atoms with E-state index in [1.54, 1.807) is 26.2 Å². The van der Waals surface area contributed by atoms with Crippen LogP contribution in [0.2, 0.25) is 0 Å². The van der Waals surface area contributed by atoms with Gasteiger partial charge < -0.3 is 20.1 Å². The fourth-order valence-electron chi connectivity index (χ4n) is 2.17. The third kappa shape index (κ3) is 5.74. The van der Waals surface area contributed by atoms with E-state index in [1.165, 1.54) is 11.3 Å². The van der Waals surface area contributed by atoms with Crippen molar-refractivity contribution in [3.05, 3.63) is 29.3 Å². The van der Waals surface area contributed by atoms with Gasteiger partial charge >= 0.3 is 0 Å². The molecule has 1 aromatic heterocycles. The van der Waals surface area contributed by atoms with Gasteiger partial charge in [0.05, 0.1) is 26.3 Å². The smallest absolute Gasteiger partial charge is 0.228 e. The number of nitrogens with zero attached hydrogens (tertiary/aromatic N) is 2. The highest BCUT2D eigenvalue weighted by atomic mass is 35.5. The Morgan fingerprint density at radius 1 is 1.27 bits per heavy atom. The molecule has 0 aliphatic heterocycles. The van der Waals surface area contributed by atoms with Crippen LogP contribution in [0.3, 0.4) is 0 Å². The molecule has 0 radical (unpaired) electrons. The molecule has 2 rings (SSSR count). The number of nitrogens with two attached hydrogens (primary N) is 1. The van der Waals surface area contributed by atoms with Crippen LogP contribution in [-0.4, -0.2) is 49.6 Å². The lowest BCUT2D eigenvalue weighted by molar-refractivity contribution is -0.130. The molecule has 2 aromatic rings. The van der Waals surface area contributed by atoms with Crippen LogP contribution >= 0.6 is 36.2 Å². The number of rotatable bonds is 7. The molecular weight excluding hydrogens is 397 g/mol. The van der Waals surface area contributed by atoms with E-state index in [0.717, 1.165) is 16.3 Å². The van der Waals surface area contributed by atoms with Gasteiger partial charge in [0.1, 0.15) is 5.01 Å². The molecule has 1 unspecified atom stereocenters. The highest BCUT2D eigenvalue weighted by Crippen LogP contribution is 2.33. The molecule has 6 nitrogen and oxygen atoms in total. The molecule has 1 atom stereocenters. The second-order valence-electron chi connectivity index (χ2n) is 5.48. The van der Waals surface area contributed by atoms with Crippen LogP contribution in [0.4, 0.5) is 0 Å². The normalized spacial score (nSPS) is 11.0. The standard InChI is InChI=1S/C17H23N3O3S.2ClH/c1-11(9-18)20(2)16(21)8-13-10-24-17(19-13)12-5-6-14(22-3)15(7-12)23-4;;/h5-7,10-11H,8-9,18H2,1-4H3;2*1H. The van der Waals surface area contributed by atoms with E-state index in [4.69, 9.17) is 15.2 Å². The van der Waals surface area contributed by atoms with Crippen LogP contribution in [-0.2, 0) is 11.2 Å². The van der Waals surface area contributed by atoms with E-state index in [9.17, 15) is 4.79 Å². The minimum Gasteiger partial charge on any atom is -0.493 e. The van der Waals surface area contributed by atoms with E-state index in [-0.39, 0.29) is 43.2 Å². The maximum Gasteiger partial charge on any atom is 0.228 e. The Morgan fingerprint density at radius 2 is 1.92 bits per heavy atom. The van der Waals surface area contributed by atoms with Crippen molar-refractivity contribution in [3.63, 3.8) is 0 Å². The van der Waals surface area contributed by atoms with Crippen molar-refractivity contribution in [2.24, 2.45) is 5.73 Å². The Bertz CT molecular complexity index is 712. The van der Waals surface area contributed by atoms with E-state index < -0.39 is 0 Å². The van der Waals surface area contributed by atoms with Gasteiger partial charge in [-0.2, -0.15) is 0 Å². The maximum absolute atomic E-state index is 12.2. The Labute approximate surface area is 170 Å². The number of aromatic nitrogens is 1. The quantitative estimate of drug-likeness (QED) is 0.742. The fraction of sp³-hybridized carbons (Fsp3) is 0.412. The molecular formula is C17H25Cl2N3O3S. The summed E-state index contributed by atoms with van der Waals surface area (Å²) in [5, 5.41) is 2.75. The van der Waals surface area contributed by atoms with Crippen LogP contribution in [0.15, 0.2) is 23.6 Å². The second-order valence-corrected chi connectivity index (χ2v) is 6.34. The minimum absolute atomic E-state index is 0. The number of carbonyl (C=O) groups is 1. The summed E-state index contributed by atoms with van der Waals surface area (Å²) >= 11 is 1.50. The summed E-state index contributed by atoms with van der Waals surface area (Å²) in [5.74, 6) is 1.34. The molecule has 0 bridgehead atoms. The molecule has 0 aliphatic carbocycles. The average molecular weight is 422 g/mol. The van der Waals surface area contributed by atoms with Crippen LogP contribution in [0.25, 0.3) is 10.6 Å². The largest absolute Gasteiger partial charge is 0.493 e. The van der Waals surface area contributed by atoms with Crippen LogP contribution in [0, 0.1) is 0 Å². The van der Waals surface area contributed by atoms with Crippen LogP contribution in [0.5, 0.6) is 11.5 Å². The molecule has 146 valence electrons. The van der Waals surface area contributed by atoms with Crippen molar-refractivity contribution in [1.82, 2.24) is 9.88 Å². The first-order valence-corrected chi connectivity index (χ1v) is 8.50. The number of benzene rings is 1. The Balaban J connectivity index is 0.00000312. The summed E-state index contributed by atoms with van der Waals surface area (Å²) in [6.07, 6.45) is 0.268. The first-order valence-electron chi connectivity index (χ1n) is 7.62. The zero-order valence-corrected chi connectivity index (χ0v) is 17.7. The molecule has 0 saturated carbocycles. The predicted molar refractivity (Wildman–Crippen MR) is 110 cm³/mol. The Kier molecular flexibility index (Phi) is 10.6. The molecule has 0 aliphatic rings. The van der Waals surface area contributed by atoms with Gasteiger partial charge in [-0.1, -0.05) is 0 Å². The number of likely N-dealkylation sites (N-methyl/N-ethyl adjacent to an activating group) is 1. The molecule has 1 heterocycles. The van der Waals surface area contributed by atoms with Crippen molar-refractivity contribution in [3.8, 4) is 22.1 Å². The molecule has 0 spiro atoms. The molecule has 9 heteroatoms. The zero-order chi connectivity index (χ0) is 17.7. The number of amides is 1. The summed E-state index contributed by atoms with van der Waals surface area (Å²) in [5.41, 5.74) is 7.29. The van der Waals surface area contributed by atoms with Crippen LogP contribution in [0.1, 0.15) is 12.6 Å². The molecule has 1 aromatic carbocycles. The number of methoxy groups -OCH3 is 2. The van der Waals surface area contributed by atoms with Crippen molar-refractivity contribution < 1.29 is 14.3 Å².